The smallest absolute Gasteiger partial charge is 0.349 e. The summed E-state index contributed by atoms with van der Waals surface area (Å²) >= 11 is 0. The van der Waals surface area contributed by atoms with Gasteiger partial charge in [-0.1, -0.05) is 0 Å². The molecule has 1 aromatic rings. The summed E-state index contributed by atoms with van der Waals surface area (Å²) in [6.45, 7) is 5.93. The van der Waals surface area contributed by atoms with Crippen molar-refractivity contribution in [1.29, 1.82) is 5.26 Å². The second-order valence-electron chi connectivity index (χ2n) is 6.87. The summed E-state index contributed by atoms with van der Waals surface area (Å²) in [5.74, 6) is -1.49. The number of hydrogen-bond acceptors (Lipinski definition) is 5. The van der Waals surface area contributed by atoms with Crippen LogP contribution in [-0.2, 0) is 14.3 Å². The molecule has 1 N–H and O–H groups in total. The lowest BCUT2D eigenvalue weighted by molar-refractivity contribution is -0.153. The van der Waals surface area contributed by atoms with Gasteiger partial charge in [0, 0.05) is 30.5 Å². The Morgan fingerprint density at radius 3 is 2.67 bits per heavy atom. The van der Waals surface area contributed by atoms with E-state index in [2.05, 4.69) is 9.88 Å². The topological polar surface area (TPSA) is 104 Å². The molecule has 2 fully saturated rings. The Kier molecular flexibility index (Phi) is 5.04. The van der Waals surface area contributed by atoms with Gasteiger partial charge in [0.2, 0.25) is 0 Å². The number of nitrogens with zero attached hydrogens (tertiary/aromatic N) is 3. The molecule has 3 rings (SSSR count). The summed E-state index contributed by atoms with van der Waals surface area (Å²) < 4.78 is 7.34. The molecule has 3 amide bonds. The van der Waals surface area contributed by atoms with Gasteiger partial charge in [-0.25, -0.2) is 9.59 Å². The molecule has 0 aromatic carbocycles. The summed E-state index contributed by atoms with van der Waals surface area (Å²) in [6.07, 6.45) is 2.60. The fourth-order valence-electron chi connectivity index (χ4n) is 3.31. The molecule has 1 aliphatic carbocycles. The molecular weight excluding hydrogens is 348 g/mol. The lowest BCUT2D eigenvalue weighted by Crippen LogP contribution is -2.41. The maximum Gasteiger partial charge on any atom is 0.349 e. The highest BCUT2D eigenvalue weighted by Crippen LogP contribution is 2.38. The molecule has 1 atom stereocenters. The van der Waals surface area contributed by atoms with Gasteiger partial charge < -0.3 is 14.6 Å². The standard InChI is InChI=1S/C19H22N4O4/c1-11-8-14(12(2)23(11)16-4-5-16)9-15(10-20)18(25)27-13(3)17(24)22-7-6-21-19(22)26/h8-9,13,16H,4-7H2,1-3H3,(H,21,26)/b15-9+/t13-/m0/s1. The number of amides is 3. The monoisotopic (exact) mass is 370 g/mol. The van der Waals surface area contributed by atoms with Crippen molar-refractivity contribution in [2.75, 3.05) is 13.1 Å². The second-order valence-corrected chi connectivity index (χ2v) is 6.87. The number of carbonyl (C=O) groups excluding carboxylic acids is 3. The molecule has 1 aromatic heterocycles. The van der Waals surface area contributed by atoms with Crippen molar-refractivity contribution in [1.82, 2.24) is 14.8 Å². The van der Waals surface area contributed by atoms with E-state index in [0.29, 0.717) is 12.6 Å². The summed E-state index contributed by atoms with van der Waals surface area (Å²) in [6, 6.07) is 3.77. The highest BCUT2D eigenvalue weighted by Gasteiger charge is 2.32. The SMILES string of the molecule is Cc1cc(/C=C(\C#N)C(=O)O[C@@H](C)C(=O)N2CCNC2=O)c(C)n1C1CC1. The third-order valence-electron chi connectivity index (χ3n) is 4.83. The van der Waals surface area contributed by atoms with Crippen LogP contribution in [0.4, 0.5) is 4.79 Å². The van der Waals surface area contributed by atoms with Crippen molar-refractivity contribution < 1.29 is 19.1 Å². The zero-order valence-electron chi connectivity index (χ0n) is 15.6. The summed E-state index contributed by atoms with van der Waals surface area (Å²) in [7, 11) is 0. The van der Waals surface area contributed by atoms with Crippen LogP contribution >= 0.6 is 0 Å². The van der Waals surface area contributed by atoms with Crippen molar-refractivity contribution in [3.8, 4) is 6.07 Å². The number of rotatable bonds is 5. The number of urea groups is 1. The van der Waals surface area contributed by atoms with Crippen LogP contribution in [0.2, 0.25) is 0 Å². The number of nitriles is 1. The van der Waals surface area contributed by atoms with Crippen LogP contribution in [0, 0.1) is 25.2 Å². The average molecular weight is 370 g/mol. The van der Waals surface area contributed by atoms with Gasteiger partial charge >= 0.3 is 12.0 Å². The second kappa shape index (κ2) is 7.27. The third-order valence-corrected chi connectivity index (χ3v) is 4.83. The Morgan fingerprint density at radius 1 is 1.41 bits per heavy atom. The average Bonchev–Trinajstić information content (AvgIpc) is 3.30. The van der Waals surface area contributed by atoms with Gasteiger partial charge in [0.05, 0.1) is 0 Å². The van der Waals surface area contributed by atoms with E-state index in [-0.39, 0.29) is 12.1 Å². The van der Waals surface area contributed by atoms with E-state index in [0.717, 1.165) is 34.7 Å². The molecule has 142 valence electrons. The molecule has 1 aliphatic heterocycles. The number of aromatic nitrogens is 1. The third kappa shape index (κ3) is 3.72. The molecule has 2 aliphatic rings. The first-order chi connectivity index (χ1) is 12.8. The molecule has 0 bridgehead atoms. The Balaban J connectivity index is 1.73. The molecule has 0 spiro atoms. The van der Waals surface area contributed by atoms with Gasteiger partial charge in [-0.3, -0.25) is 9.69 Å². The Bertz CT molecular complexity index is 873. The van der Waals surface area contributed by atoms with E-state index in [1.165, 1.54) is 13.0 Å². The molecule has 8 heteroatoms. The number of ether oxygens (including phenoxy) is 1. The first kappa shape index (κ1) is 18.7. The highest BCUT2D eigenvalue weighted by molar-refractivity contribution is 6.02. The van der Waals surface area contributed by atoms with Crippen molar-refractivity contribution in [2.24, 2.45) is 0 Å². The minimum Gasteiger partial charge on any atom is -0.448 e. The summed E-state index contributed by atoms with van der Waals surface area (Å²) in [5, 5.41) is 11.9. The van der Waals surface area contributed by atoms with Gasteiger partial charge in [-0.15, -0.1) is 0 Å². The van der Waals surface area contributed by atoms with Gasteiger partial charge in [-0.05, 0) is 51.3 Å². The summed E-state index contributed by atoms with van der Waals surface area (Å²) in [4.78, 5) is 37.1. The molecule has 2 heterocycles. The number of nitrogens with one attached hydrogen (secondary N) is 1. The number of imide groups is 1. The van der Waals surface area contributed by atoms with Crippen molar-refractivity contribution in [3.05, 3.63) is 28.6 Å². The molecule has 1 saturated carbocycles. The zero-order chi connectivity index (χ0) is 19.7. The van der Waals surface area contributed by atoms with E-state index in [4.69, 9.17) is 4.74 Å². The zero-order valence-corrected chi connectivity index (χ0v) is 15.6. The Labute approximate surface area is 157 Å². The van der Waals surface area contributed by atoms with E-state index in [1.54, 1.807) is 0 Å². The van der Waals surface area contributed by atoms with Crippen LogP contribution in [0.25, 0.3) is 6.08 Å². The number of esters is 1. The van der Waals surface area contributed by atoms with Crippen LogP contribution in [0.15, 0.2) is 11.6 Å². The molecule has 8 nitrogen and oxygen atoms in total. The van der Waals surface area contributed by atoms with Gasteiger partial charge in [0.25, 0.3) is 5.91 Å². The Hall–Kier alpha value is -3.08. The lowest BCUT2D eigenvalue weighted by atomic mass is 10.1. The molecular formula is C19H22N4O4. The number of aryl methyl sites for hydroxylation is 1. The summed E-state index contributed by atoms with van der Waals surface area (Å²) in [5.41, 5.74) is 2.67. The van der Waals surface area contributed by atoms with Gasteiger partial charge in [-0.2, -0.15) is 5.26 Å². The minimum absolute atomic E-state index is 0.184. The highest BCUT2D eigenvalue weighted by atomic mass is 16.5. The number of hydrogen-bond donors (Lipinski definition) is 1. The van der Waals surface area contributed by atoms with E-state index in [1.807, 2.05) is 26.0 Å². The number of carbonyl (C=O) groups is 3. The van der Waals surface area contributed by atoms with Crippen LogP contribution in [0.1, 0.15) is 42.8 Å². The Morgan fingerprint density at radius 2 is 2.11 bits per heavy atom. The molecule has 27 heavy (non-hydrogen) atoms. The fourth-order valence-corrected chi connectivity index (χ4v) is 3.31. The predicted octanol–water partition coefficient (Wildman–Crippen LogP) is 1.83. The van der Waals surface area contributed by atoms with E-state index >= 15 is 0 Å². The lowest BCUT2D eigenvalue weighted by Gasteiger charge is -2.17. The maximum atomic E-state index is 12.3. The molecule has 0 radical (unpaired) electrons. The van der Waals surface area contributed by atoms with Gasteiger partial charge in [0.1, 0.15) is 11.6 Å². The molecule has 0 unspecified atom stereocenters. The van der Waals surface area contributed by atoms with Crippen LogP contribution in [0.5, 0.6) is 0 Å². The van der Waals surface area contributed by atoms with Crippen LogP contribution in [-0.4, -0.2) is 46.6 Å². The minimum atomic E-state index is -1.16. The first-order valence-corrected chi connectivity index (χ1v) is 8.94. The first-order valence-electron chi connectivity index (χ1n) is 8.94. The quantitative estimate of drug-likeness (QED) is 0.484. The fraction of sp³-hybridized carbons (Fsp3) is 0.474. The normalized spacial score (nSPS) is 18.1. The van der Waals surface area contributed by atoms with Crippen LogP contribution < -0.4 is 5.32 Å². The van der Waals surface area contributed by atoms with E-state index in [9.17, 15) is 19.6 Å². The van der Waals surface area contributed by atoms with Gasteiger partial charge in [0.15, 0.2) is 6.10 Å². The van der Waals surface area contributed by atoms with Crippen LogP contribution in [0.3, 0.4) is 0 Å². The van der Waals surface area contributed by atoms with E-state index < -0.39 is 24.0 Å². The van der Waals surface area contributed by atoms with Crippen molar-refractivity contribution >= 4 is 24.0 Å². The maximum absolute atomic E-state index is 12.3. The van der Waals surface area contributed by atoms with Crippen molar-refractivity contribution in [2.45, 2.75) is 45.8 Å². The molecule has 1 saturated heterocycles. The predicted molar refractivity (Wildman–Crippen MR) is 96.4 cm³/mol. The largest absolute Gasteiger partial charge is 0.448 e. The van der Waals surface area contributed by atoms with Crippen molar-refractivity contribution in [3.63, 3.8) is 0 Å².